The summed E-state index contributed by atoms with van der Waals surface area (Å²) in [5.41, 5.74) is -1.77. The summed E-state index contributed by atoms with van der Waals surface area (Å²) in [6.07, 6.45) is 3.02. The van der Waals surface area contributed by atoms with Crippen LogP contribution in [-0.2, 0) is 9.59 Å². The van der Waals surface area contributed by atoms with Crippen LogP contribution in [0.1, 0.15) is 46.5 Å². The summed E-state index contributed by atoms with van der Waals surface area (Å²) in [7, 11) is 0. The highest BCUT2D eigenvalue weighted by Crippen LogP contribution is 2.12. The van der Waals surface area contributed by atoms with Crippen LogP contribution in [0.5, 0.6) is 0 Å². The van der Waals surface area contributed by atoms with E-state index in [0.717, 1.165) is 19.3 Å². The average molecular weight is 186 g/mol. The number of carbonyl (C=O) groups excluding carboxylic acids is 2. The maximum atomic E-state index is 11.3. The van der Waals surface area contributed by atoms with Gasteiger partial charge in [-0.2, -0.15) is 0 Å². The fourth-order valence-corrected chi connectivity index (χ4v) is 0.975. The van der Waals surface area contributed by atoms with E-state index >= 15 is 0 Å². The van der Waals surface area contributed by atoms with E-state index in [1.807, 2.05) is 6.92 Å². The van der Waals surface area contributed by atoms with Gasteiger partial charge in [-0.3, -0.25) is 9.59 Å². The highest BCUT2D eigenvalue weighted by atomic mass is 16.3. The zero-order chi connectivity index (χ0) is 10.5. The van der Waals surface area contributed by atoms with E-state index < -0.39 is 11.4 Å². The lowest BCUT2D eigenvalue weighted by Gasteiger charge is -2.17. The van der Waals surface area contributed by atoms with Crippen molar-refractivity contribution < 1.29 is 14.7 Å². The second-order valence-corrected chi connectivity index (χ2v) is 3.51. The Morgan fingerprint density at radius 2 is 1.85 bits per heavy atom. The van der Waals surface area contributed by atoms with E-state index in [4.69, 9.17) is 0 Å². The predicted octanol–water partition coefficient (Wildman–Crippen LogP) is 1.48. The fraction of sp³-hybridized carbons (Fsp3) is 0.800. The summed E-state index contributed by atoms with van der Waals surface area (Å²) in [6, 6.07) is 0. The van der Waals surface area contributed by atoms with Crippen molar-refractivity contribution >= 4 is 11.6 Å². The standard InChI is InChI=1S/C10H18O3/c1-4-5-6-7-9(12)10(3,13)8(2)11/h13H,4-7H2,1-3H3/t10-/m0/s1. The molecule has 0 bridgehead atoms. The number of hydrogen-bond acceptors (Lipinski definition) is 3. The van der Waals surface area contributed by atoms with Crippen molar-refractivity contribution in [3.05, 3.63) is 0 Å². The first-order valence-corrected chi connectivity index (χ1v) is 4.69. The Bertz CT molecular complexity index is 194. The smallest absolute Gasteiger partial charge is 0.177 e. The molecule has 3 nitrogen and oxygen atoms in total. The molecule has 0 fully saturated rings. The van der Waals surface area contributed by atoms with Gasteiger partial charge in [0, 0.05) is 6.42 Å². The van der Waals surface area contributed by atoms with Crippen LogP contribution in [0.2, 0.25) is 0 Å². The molecule has 1 atom stereocenters. The Kier molecular flexibility index (Phi) is 4.85. The van der Waals surface area contributed by atoms with Crippen LogP contribution in [0, 0.1) is 0 Å². The quantitative estimate of drug-likeness (QED) is 0.505. The molecular weight excluding hydrogens is 168 g/mol. The first kappa shape index (κ1) is 12.3. The second-order valence-electron chi connectivity index (χ2n) is 3.51. The zero-order valence-electron chi connectivity index (χ0n) is 8.59. The summed E-state index contributed by atoms with van der Waals surface area (Å²) in [5.74, 6) is -0.845. The first-order valence-electron chi connectivity index (χ1n) is 4.69. The number of hydrogen-bond donors (Lipinski definition) is 1. The summed E-state index contributed by atoms with van der Waals surface area (Å²) in [6.45, 7) is 4.54. The van der Waals surface area contributed by atoms with Gasteiger partial charge in [0.15, 0.2) is 17.2 Å². The van der Waals surface area contributed by atoms with Crippen LogP contribution < -0.4 is 0 Å². The second kappa shape index (κ2) is 5.12. The molecule has 1 N–H and O–H groups in total. The fourth-order valence-electron chi connectivity index (χ4n) is 0.975. The van der Waals surface area contributed by atoms with Crippen molar-refractivity contribution in [1.29, 1.82) is 0 Å². The third-order valence-corrected chi connectivity index (χ3v) is 2.24. The van der Waals surface area contributed by atoms with E-state index in [9.17, 15) is 14.7 Å². The molecule has 0 radical (unpaired) electrons. The van der Waals surface area contributed by atoms with Gasteiger partial charge >= 0.3 is 0 Å². The van der Waals surface area contributed by atoms with E-state index in [-0.39, 0.29) is 5.78 Å². The lowest BCUT2D eigenvalue weighted by Crippen LogP contribution is -2.42. The monoisotopic (exact) mass is 186 g/mol. The maximum absolute atomic E-state index is 11.3. The zero-order valence-corrected chi connectivity index (χ0v) is 8.59. The molecule has 0 aromatic rings. The van der Waals surface area contributed by atoms with Gasteiger partial charge < -0.3 is 5.11 Å². The van der Waals surface area contributed by atoms with E-state index in [1.165, 1.54) is 13.8 Å². The van der Waals surface area contributed by atoms with Crippen molar-refractivity contribution in [2.45, 2.75) is 52.1 Å². The molecule has 0 rings (SSSR count). The van der Waals surface area contributed by atoms with Gasteiger partial charge in [-0.15, -0.1) is 0 Å². The molecule has 0 heterocycles. The molecule has 3 heteroatoms. The minimum absolute atomic E-state index is 0.292. The molecule has 0 unspecified atom stereocenters. The summed E-state index contributed by atoms with van der Waals surface area (Å²) in [5, 5.41) is 9.46. The first-order chi connectivity index (χ1) is 5.92. The number of Topliss-reactive ketones (excluding diaryl/α,β-unsaturated/α-hetero) is 2. The Balaban J connectivity index is 4.03. The molecule has 13 heavy (non-hydrogen) atoms. The van der Waals surface area contributed by atoms with E-state index in [1.54, 1.807) is 0 Å². The van der Waals surface area contributed by atoms with Crippen molar-refractivity contribution in [3.8, 4) is 0 Å². The Hall–Kier alpha value is -0.700. The van der Waals surface area contributed by atoms with Crippen LogP contribution >= 0.6 is 0 Å². The Labute approximate surface area is 79.1 Å². The molecule has 0 amide bonds. The van der Waals surface area contributed by atoms with Gasteiger partial charge in [-0.05, 0) is 20.3 Å². The SMILES string of the molecule is CCCCCC(=O)[C@@](C)(O)C(C)=O. The molecule has 76 valence electrons. The highest BCUT2D eigenvalue weighted by molar-refractivity contribution is 6.08. The Morgan fingerprint density at radius 1 is 1.31 bits per heavy atom. The van der Waals surface area contributed by atoms with Crippen molar-refractivity contribution in [2.24, 2.45) is 0 Å². The summed E-state index contributed by atoms with van der Waals surface area (Å²) < 4.78 is 0. The van der Waals surface area contributed by atoms with E-state index in [2.05, 4.69) is 0 Å². The van der Waals surface area contributed by atoms with Gasteiger partial charge in [0.05, 0.1) is 0 Å². The van der Waals surface area contributed by atoms with Gasteiger partial charge in [0.25, 0.3) is 0 Å². The lowest BCUT2D eigenvalue weighted by molar-refractivity contribution is -0.147. The molecule has 0 aliphatic heterocycles. The number of ketones is 2. The molecule has 0 aromatic heterocycles. The molecule has 0 aliphatic rings. The van der Waals surface area contributed by atoms with Crippen LogP contribution in [-0.4, -0.2) is 22.3 Å². The number of aliphatic hydroxyl groups is 1. The molecular formula is C10H18O3. The van der Waals surface area contributed by atoms with Crippen molar-refractivity contribution in [2.75, 3.05) is 0 Å². The number of carbonyl (C=O) groups is 2. The van der Waals surface area contributed by atoms with Gasteiger partial charge in [0.2, 0.25) is 0 Å². The number of unbranched alkanes of at least 4 members (excludes halogenated alkanes) is 2. The number of rotatable bonds is 6. The predicted molar refractivity (Wildman–Crippen MR) is 50.5 cm³/mol. The molecule has 0 spiro atoms. The third kappa shape index (κ3) is 3.68. The van der Waals surface area contributed by atoms with Gasteiger partial charge in [-0.25, -0.2) is 0 Å². The molecule has 0 saturated carbocycles. The van der Waals surface area contributed by atoms with Crippen molar-refractivity contribution in [3.63, 3.8) is 0 Å². The minimum Gasteiger partial charge on any atom is -0.375 e. The van der Waals surface area contributed by atoms with Gasteiger partial charge in [-0.1, -0.05) is 19.8 Å². The summed E-state index contributed by atoms with van der Waals surface area (Å²) >= 11 is 0. The summed E-state index contributed by atoms with van der Waals surface area (Å²) in [4.78, 5) is 22.2. The normalized spacial score (nSPS) is 15.1. The molecule has 0 aromatic carbocycles. The van der Waals surface area contributed by atoms with Crippen LogP contribution in [0.3, 0.4) is 0 Å². The van der Waals surface area contributed by atoms with Crippen molar-refractivity contribution in [1.82, 2.24) is 0 Å². The third-order valence-electron chi connectivity index (χ3n) is 2.24. The maximum Gasteiger partial charge on any atom is 0.177 e. The Morgan fingerprint density at radius 3 is 2.23 bits per heavy atom. The van der Waals surface area contributed by atoms with Crippen LogP contribution in [0.4, 0.5) is 0 Å². The minimum atomic E-state index is -1.77. The largest absolute Gasteiger partial charge is 0.375 e. The topological polar surface area (TPSA) is 54.4 Å². The average Bonchev–Trinajstić information content (AvgIpc) is 2.04. The van der Waals surface area contributed by atoms with Crippen LogP contribution in [0.25, 0.3) is 0 Å². The lowest BCUT2D eigenvalue weighted by atomic mass is 9.93. The molecule has 0 aliphatic carbocycles. The van der Waals surface area contributed by atoms with Crippen LogP contribution in [0.15, 0.2) is 0 Å². The highest BCUT2D eigenvalue weighted by Gasteiger charge is 2.34. The van der Waals surface area contributed by atoms with Gasteiger partial charge in [0.1, 0.15) is 0 Å². The van der Waals surface area contributed by atoms with E-state index in [0.29, 0.717) is 6.42 Å². The molecule has 0 saturated heterocycles.